The molecule has 1 spiro atoms. The van der Waals surface area contributed by atoms with Crippen molar-refractivity contribution in [1.82, 2.24) is 15.1 Å². The van der Waals surface area contributed by atoms with Crippen molar-refractivity contribution in [3.63, 3.8) is 0 Å². The number of hydrogen-bond donors (Lipinski definition) is 1. The lowest BCUT2D eigenvalue weighted by Crippen LogP contribution is -2.67. The van der Waals surface area contributed by atoms with E-state index in [1.54, 1.807) is 9.80 Å². The number of carbonyl (C=O) groups excluding carboxylic acids is 1. The van der Waals surface area contributed by atoms with Crippen LogP contribution in [0.4, 0.5) is 23.7 Å². The molecule has 8 heteroatoms. The van der Waals surface area contributed by atoms with E-state index in [1.165, 1.54) is 5.56 Å². The van der Waals surface area contributed by atoms with Crippen LogP contribution in [0.25, 0.3) is 0 Å². The number of benzene rings is 2. The van der Waals surface area contributed by atoms with Crippen LogP contribution in [-0.2, 0) is 6.54 Å². The number of halogens is 3. The van der Waals surface area contributed by atoms with Gasteiger partial charge in [-0.25, -0.2) is 18.0 Å². The Balaban J connectivity index is 1.04. The van der Waals surface area contributed by atoms with Gasteiger partial charge in [0.05, 0.1) is 0 Å². The fourth-order valence-corrected chi connectivity index (χ4v) is 5.36. The fraction of sp³-hybridized carbons (Fsp3) is 0.458. The lowest BCUT2D eigenvalue weighted by Gasteiger charge is -2.59. The summed E-state index contributed by atoms with van der Waals surface area (Å²) in [4.78, 5) is 18.6. The standard InChI is InChI=1S/C24H27F3N4O/c25-20-10-19(11-21(26)22(20)27)30-6-8-31(9-7-30)23(32)28-18-12-24(13-18)15-29(16-24)14-17-4-2-1-3-5-17/h1-5,10-11,18H,6-9,12-16H2,(H,28,32). The summed E-state index contributed by atoms with van der Waals surface area (Å²) in [7, 11) is 0. The van der Waals surface area contributed by atoms with Crippen LogP contribution in [0.5, 0.6) is 0 Å². The number of piperazine rings is 1. The van der Waals surface area contributed by atoms with Crippen molar-refractivity contribution in [3.8, 4) is 0 Å². The van der Waals surface area contributed by atoms with Gasteiger partial charge in [-0.05, 0) is 23.8 Å². The van der Waals surface area contributed by atoms with Crippen LogP contribution in [0.2, 0.25) is 0 Å². The van der Waals surface area contributed by atoms with Crippen LogP contribution in [0.1, 0.15) is 18.4 Å². The predicted octanol–water partition coefficient (Wildman–Crippen LogP) is 3.60. The molecule has 0 radical (unpaired) electrons. The number of rotatable bonds is 4. The maximum absolute atomic E-state index is 13.5. The molecule has 3 aliphatic rings. The molecule has 0 bridgehead atoms. The van der Waals surface area contributed by atoms with E-state index in [1.807, 2.05) is 6.07 Å². The quantitative estimate of drug-likeness (QED) is 0.733. The van der Waals surface area contributed by atoms with Gasteiger partial charge in [-0.15, -0.1) is 0 Å². The van der Waals surface area contributed by atoms with Gasteiger partial charge >= 0.3 is 6.03 Å². The fourth-order valence-electron chi connectivity index (χ4n) is 5.36. The summed E-state index contributed by atoms with van der Waals surface area (Å²) in [6.07, 6.45) is 2.02. The summed E-state index contributed by atoms with van der Waals surface area (Å²) in [5.74, 6) is -3.85. The molecular formula is C24H27F3N4O. The topological polar surface area (TPSA) is 38.8 Å². The van der Waals surface area contributed by atoms with Gasteiger partial charge in [0.15, 0.2) is 17.5 Å². The number of likely N-dealkylation sites (tertiary alicyclic amines) is 1. The smallest absolute Gasteiger partial charge is 0.317 e. The largest absolute Gasteiger partial charge is 0.368 e. The molecule has 0 unspecified atom stereocenters. The first-order valence-corrected chi connectivity index (χ1v) is 11.1. The van der Waals surface area contributed by atoms with E-state index >= 15 is 0 Å². The number of anilines is 1. The Kier molecular flexibility index (Phi) is 5.49. The van der Waals surface area contributed by atoms with Crippen molar-refractivity contribution in [3.05, 3.63) is 65.5 Å². The molecule has 2 aromatic rings. The summed E-state index contributed by atoms with van der Waals surface area (Å²) in [6.45, 7) is 4.94. The highest BCUT2D eigenvalue weighted by atomic mass is 19.2. The molecule has 5 rings (SSSR count). The summed E-state index contributed by atoms with van der Waals surface area (Å²) in [5.41, 5.74) is 1.98. The van der Waals surface area contributed by atoms with E-state index in [0.717, 1.165) is 44.6 Å². The number of nitrogens with one attached hydrogen (secondary N) is 1. The Morgan fingerprint density at radius 1 is 0.969 bits per heavy atom. The molecule has 2 saturated heterocycles. The molecule has 2 amide bonds. The zero-order valence-electron chi connectivity index (χ0n) is 17.9. The molecular weight excluding hydrogens is 417 g/mol. The van der Waals surface area contributed by atoms with Crippen LogP contribution in [0, 0.1) is 22.9 Å². The second kappa shape index (κ2) is 8.31. The van der Waals surface area contributed by atoms with E-state index in [-0.39, 0.29) is 12.1 Å². The van der Waals surface area contributed by atoms with Gasteiger partial charge in [-0.3, -0.25) is 4.90 Å². The van der Waals surface area contributed by atoms with Gasteiger partial charge in [0.2, 0.25) is 0 Å². The van der Waals surface area contributed by atoms with E-state index < -0.39 is 17.5 Å². The van der Waals surface area contributed by atoms with Gasteiger partial charge in [0.1, 0.15) is 0 Å². The molecule has 3 fully saturated rings. The van der Waals surface area contributed by atoms with E-state index in [9.17, 15) is 18.0 Å². The molecule has 170 valence electrons. The highest BCUT2D eigenvalue weighted by Gasteiger charge is 2.52. The lowest BCUT2D eigenvalue weighted by molar-refractivity contribution is -0.0809. The van der Waals surface area contributed by atoms with Crippen molar-refractivity contribution in [2.75, 3.05) is 44.2 Å². The number of urea groups is 1. The van der Waals surface area contributed by atoms with Gasteiger partial charge in [-0.2, -0.15) is 0 Å². The van der Waals surface area contributed by atoms with Gasteiger partial charge < -0.3 is 15.1 Å². The maximum atomic E-state index is 13.5. The van der Waals surface area contributed by atoms with Crippen molar-refractivity contribution < 1.29 is 18.0 Å². The molecule has 0 atom stereocenters. The Morgan fingerprint density at radius 3 is 2.22 bits per heavy atom. The minimum absolute atomic E-state index is 0.0820. The lowest BCUT2D eigenvalue weighted by atomic mass is 9.60. The first kappa shape index (κ1) is 21.1. The zero-order chi connectivity index (χ0) is 22.3. The van der Waals surface area contributed by atoms with E-state index in [4.69, 9.17) is 0 Å². The van der Waals surface area contributed by atoms with Crippen LogP contribution in [0.3, 0.4) is 0 Å². The number of amides is 2. The number of hydrogen-bond acceptors (Lipinski definition) is 3. The predicted molar refractivity (Wildman–Crippen MR) is 116 cm³/mol. The van der Waals surface area contributed by atoms with Crippen molar-refractivity contribution >= 4 is 11.7 Å². The monoisotopic (exact) mass is 444 g/mol. The Hall–Kier alpha value is -2.74. The second-order valence-electron chi connectivity index (χ2n) is 9.38. The third kappa shape index (κ3) is 4.16. The molecule has 1 aliphatic carbocycles. The molecule has 2 heterocycles. The van der Waals surface area contributed by atoms with Crippen LogP contribution < -0.4 is 10.2 Å². The van der Waals surface area contributed by atoms with Crippen LogP contribution >= 0.6 is 0 Å². The normalized spacial score (nSPS) is 20.7. The molecule has 1 saturated carbocycles. The van der Waals surface area contributed by atoms with Gasteiger partial charge in [-0.1, -0.05) is 30.3 Å². The summed E-state index contributed by atoms with van der Waals surface area (Å²) < 4.78 is 40.2. The Bertz CT molecular complexity index is 957. The first-order valence-electron chi connectivity index (χ1n) is 11.1. The SMILES string of the molecule is O=C(NC1CC2(C1)CN(Cc1ccccc1)C2)N1CCN(c2cc(F)c(F)c(F)c2)CC1. The highest BCUT2D eigenvalue weighted by molar-refractivity contribution is 5.75. The molecule has 2 aliphatic heterocycles. The summed E-state index contributed by atoms with van der Waals surface area (Å²) >= 11 is 0. The summed E-state index contributed by atoms with van der Waals surface area (Å²) in [6, 6.07) is 12.6. The van der Waals surface area contributed by atoms with Crippen LogP contribution in [-0.4, -0.2) is 61.1 Å². The minimum atomic E-state index is -1.46. The third-order valence-corrected chi connectivity index (χ3v) is 6.95. The Labute approximate surface area is 185 Å². The Morgan fingerprint density at radius 2 is 1.59 bits per heavy atom. The van der Waals surface area contributed by atoms with E-state index in [2.05, 4.69) is 34.5 Å². The molecule has 2 aromatic carbocycles. The zero-order valence-corrected chi connectivity index (χ0v) is 17.9. The van der Waals surface area contributed by atoms with Crippen molar-refractivity contribution in [2.45, 2.75) is 25.4 Å². The molecule has 0 aromatic heterocycles. The molecule has 1 N–H and O–H groups in total. The third-order valence-electron chi connectivity index (χ3n) is 6.95. The average molecular weight is 445 g/mol. The number of nitrogens with zero attached hydrogens (tertiary/aromatic N) is 3. The van der Waals surface area contributed by atoms with Crippen molar-refractivity contribution in [1.29, 1.82) is 0 Å². The highest BCUT2D eigenvalue weighted by Crippen LogP contribution is 2.48. The maximum Gasteiger partial charge on any atom is 0.317 e. The van der Waals surface area contributed by atoms with Gasteiger partial charge in [0.25, 0.3) is 0 Å². The van der Waals surface area contributed by atoms with Crippen LogP contribution in [0.15, 0.2) is 42.5 Å². The van der Waals surface area contributed by atoms with Crippen molar-refractivity contribution in [2.24, 2.45) is 5.41 Å². The van der Waals surface area contributed by atoms with Gasteiger partial charge in [0, 0.05) is 69.7 Å². The average Bonchev–Trinajstić information content (AvgIpc) is 2.75. The second-order valence-corrected chi connectivity index (χ2v) is 9.38. The first-order chi connectivity index (χ1) is 15.4. The summed E-state index contributed by atoms with van der Waals surface area (Å²) in [5, 5.41) is 3.13. The van der Waals surface area contributed by atoms with E-state index in [0.29, 0.717) is 37.3 Å². The molecule has 32 heavy (non-hydrogen) atoms. The molecule has 5 nitrogen and oxygen atoms in total. The minimum Gasteiger partial charge on any atom is -0.368 e. The number of carbonyl (C=O) groups is 1.